The van der Waals surface area contributed by atoms with E-state index in [0.29, 0.717) is 6.54 Å². The van der Waals surface area contributed by atoms with Crippen molar-refractivity contribution >= 4 is 5.69 Å². The molecule has 1 rings (SSSR count). The molecule has 1 aromatic rings. The maximum absolute atomic E-state index is 9.55. The normalized spacial score (nSPS) is 14.9. The molecule has 1 unspecified atom stereocenters. The van der Waals surface area contributed by atoms with Crippen molar-refractivity contribution in [2.24, 2.45) is 0 Å². The highest BCUT2D eigenvalue weighted by atomic mass is 16.3. The molecule has 3 N–H and O–H groups in total. The molecule has 0 aliphatic carbocycles. The third-order valence-corrected chi connectivity index (χ3v) is 2.02. The fraction of sp³-hybridized carbons (Fsp3) is 0.500. The predicted octanol–water partition coefficient (Wildman–Crippen LogP) is 0.545. The molecule has 0 aliphatic rings. The summed E-state index contributed by atoms with van der Waals surface area (Å²) in [4.78, 5) is 3.96. The first-order chi connectivity index (χ1) is 6.55. The third-order valence-electron chi connectivity index (χ3n) is 2.02. The van der Waals surface area contributed by atoms with Crippen LogP contribution in [0.2, 0.25) is 0 Å². The fourth-order valence-corrected chi connectivity index (χ4v) is 1.01. The number of anilines is 1. The summed E-state index contributed by atoms with van der Waals surface area (Å²) in [7, 11) is 0. The van der Waals surface area contributed by atoms with Crippen LogP contribution in [0.1, 0.15) is 12.5 Å². The number of aliphatic hydroxyl groups excluding tert-OH is 1. The van der Waals surface area contributed by atoms with Gasteiger partial charge in [-0.2, -0.15) is 0 Å². The van der Waals surface area contributed by atoms with Crippen molar-refractivity contribution in [3.05, 3.63) is 24.0 Å². The average molecular weight is 196 g/mol. The molecule has 14 heavy (non-hydrogen) atoms. The highest BCUT2D eigenvalue weighted by molar-refractivity contribution is 5.48. The fourth-order valence-electron chi connectivity index (χ4n) is 1.01. The average Bonchev–Trinajstić information content (AvgIpc) is 2.17. The molecule has 0 radical (unpaired) electrons. The summed E-state index contributed by atoms with van der Waals surface area (Å²) in [6.45, 7) is 3.57. The Morgan fingerprint density at radius 1 is 1.57 bits per heavy atom. The number of hydrogen-bond donors (Lipinski definition) is 3. The van der Waals surface area contributed by atoms with E-state index in [0.717, 1.165) is 11.3 Å². The van der Waals surface area contributed by atoms with Crippen LogP contribution in [0.4, 0.5) is 5.69 Å². The molecule has 0 fully saturated rings. The standard InChI is InChI=1S/C10H16N2O2/c1-8-5-11-4-3-9(8)12-6-10(2,14)7-13/h3-5,13-14H,6-7H2,1-2H3,(H,11,12). The van der Waals surface area contributed by atoms with Gasteiger partial charge in [0.05, 0.1) is 6.61 Å². The van der Waals surface area contributed by atoms with E-state index in [4.69, 9.17) is 5.11 Å². The Morgan fingerprint density at radius 3 is 2.86 bits per heavy atom. The lowest BCUT2D eigenvalue weighted by molar-refractivity contribution is 0.0132. The van der Waals surface area contributed by atoms with E-state index in [2.05, 4.69) is 10.3 Å². The zero-order valence-electron chi connectivity index (χ0n) is 8.49. The molecule has 4 heteroatoms. The number of nitrogens with one attached hydrogen (secondary N) is 1. The lowest BCUT2D eigenvalue weighted by Crippen LogP contribution is -2.37. The maximum atomic E-state index is 9.55. The minimum Gasteiger partial charge on any atom is -0.393 e. The van der Waals surface area contributed by atoms with Crippen molar-refractivity contribution in [3.63, 3.8) is 0 Å². The van der Waals surface area contributed by atoms with Crippen LogP contribution in [0.5, 0.6) is 0 Å². The Morgan fingerprint density at radius 2 is 2.29 bits per heavy atom. The van der Waals surface area contributed by atoms with Gasteiger partial charge >= 0.3 is 0 Å². The minimum atomic E-state index is -1.09. The van der Waals surface area contributed by atoms with E-state index in [1.54, 1.807) is 19.3 Å². The summed E-state index contributed by atoms with van der Waals surface area (Å²) in [5.74, 6) is 0. The topological polar surface area (TPSA) is 65.4 Å². The van der Waals surface area contributed by atoms with Gasteiger partial charge < -0.3 is 15.5 Å². The zero-order chi connectivity index (χ0) is 10.6. The number of aliphatic hydroxyl groups is 2. The third kappa shape index (κ3) is 2.97. The van der Waals surface area contributed by atoms with Crippen molar-refractivity contribution in [2.45, 2.75) is 19.4 Å². The van der Waals surface area contributed by atoms with Gasteiger partial charge in [-0.3, -0.25) is 4.98 Å². The molecule has 1 aromatic heterocycles. The van der Waals surface area contributed by atoms with Gasteiger partial charge in [0.25, 0.3) is 0 Å². The Kier molecular flexibility index (Phi) is 3.43. The first-order valence-electron chi connectivity index (χ1n) is 4.53. The highest BCUT2D eigenvalue weighted by Crippen LogP contribution is 2.13. The van der Waals surface area contributed by atoms with Gasteiger partial charge in [-0.25, -0.2) is 0 Å². The van der Waals surface area contributed by atoms with Crippen LogP contribution in [-0.4, -0.2) is 33.9 Å². The Bertz CT molecular complexity index is 300. The number of aromatic nitrogens is 1. The van der Waals surface area contributed by atoms with E-state index >= 15 is 0 Å². The van der Waals surface area contributed by atoms with Gasteiger partial charge in [0, 0.05) is 24.6 Å². The summed E-state index contributed by atoms with van der Waals surface area (Å²) in [5, 5.41) is 21.4. The van der Waals surface area contributed by atoms with Crippen LogP contribution in [0.25, 0.3) is 0 Å². The molecule has 0 bridgehead atoms. The van der Waals surface area contributed by atoms with Gasteiger partial charge in [-0.15, -0.1) is 0 Å². The van der Waals surface area contributed by atoms with E-state index in [9.17, 15) is 5.11 Å². The molecule has 1 atom stereocenters. The summed E-state index contributed by atoms with van der Waals surface area (Å²) >= 11 is 0. The molecular weight excluding hydrogens is 180 g/mol. The Labute approximate surface area is 83.6 Å². The van der Waals surface area contributed by atoms with Gasteiger partial charge in [0.1, 0.15) is 5.60 Å². The Hall–Kier alpha value is -1.13. The molecule has 0 aliphatic heterocycles. The van der Waals surface area contributed by atoms with Crippen molar-refractivity contribution < 1.29 is 10.2 Å². The number of nitrogens with zero attached hydrogens (tertiary/aromatic N) is 1. The van der Waals surface area contributed by atoms with Gasteiger partial charge in [-0.05, 0) is 25.5 Å². The molecule has 1 heterocycles. The van der Waals surface area contributed by atoms with Gasteiger partial charge in [-0.1, -0.05) is 0 Å². The quantitative estimate of drug-likeness (QED) is 0.658. The van der Waals surface area contributed by atoms with E-state index in [-0.39, 0.29) is 6.61 Å². The van der Waals surface area contributed by atoms with Crippen LogP contribution in [0, 0.1) is 6.92 Å². The second kappa shape index (κ2) is 4.39. The molecular formula is C10H16N2O2. The second-order valence-electron chi connectivity index (χ2n) is 3.70. The van der Waals surface area contributed by atoms with Crippen LogP contribution in [0.15, 0.2) is 18.5 Å². The molecule has 0 spiro atoms. The monoisotopic (exact) mass is 196 g/mol. The predicted molar refractivity (Wildman–Crippen MR) is 55.2 cm³/mol. The van der Waals surface area contributed by atoms with Crippen molar-refractivity contribution in [1.29, 1.82) is 0 Å². The smallest absolute Gasteiger partial charge is 0.102 e. The minimum absolute atomic E-state index is 0.260. The van der Waals surface area contributed by atoms with E-state index < -0.39 is 5.60 Å². The molecule has 0 amide bonds. The van der Waals surface area contributed by atoms with Crippen LogP contribution < -0.4 is 5.32 Å². The zero-order valence-corrected chi connectivity index (χ0v) is 8.49. The molecule has 78 valence electrons. The van der Waals surface area contributed by atoms with Gasteiger partial charge in [0.2, 0.25) is 0 Å². The summed E-state index contributed by atoms with van der Waals surface area (Å²) in [6, 6.07) is 1.84. The second-order valence-corrected chi connectivity index (χ2v) is 3.70. The molecule has 0 saturated heterocycles. The number of pyridine rings is 1. The van der Waals surface area contributed by atoms with Crippen molar-refractivity contribution in [2.75, 3.05) is 18.5 Å². The van der Waals surface area contributed by atoms with Crippen LogP contribution in [0.3, 0.4) is 0 Å². The summed E-state index contributed by atoms with van der Waals surface area (Å²) < 4.78 is 0. The van der Waals surface area contributed by atoms with Crippen LogP contribution in [-0.2, 0) is 0 Å². The van der Waals surface area contributed by atoms with E-state index in [1.165, 1.54) is 0 Å². The SMILES string of the molecule is Cc1cnccc1NCC(C)(O)CO. The number of hydrogen-bond acceptors (Lipinski definition) is 4. The molecule has 0 saturated carbocycles. The van der Waals surface area contributed by atoms with Crippen molar-refractivity contribution in [1.82, 2.24) is 4.98 Å². The van der Waals surface area contributed by atoms with Crippen LogP contribution >= 0.6 is 0 Å². The lowest BCUT2D eigenvalue weighted by Gasteiger charge is -2.21. The van der Waals surface area contributed by atoms with Gasteiger partial charge in [0.15, 0.2) is 0 Å². The maximum Gasteiger partial charge on any atom is 0.102 e. The molecule has 0 aromatic carbocycles. The summed E-state index contributed by atoms with van der Waals surface area (Å²) in [5.41, 5.74) is 0.852. The first kappa shape index (κ1) is 10.9. The van der Waals surface area contributed by atoms with E-state index in [1.807, 2.05) is 13.0 Å². The largest absolute Gasteiger partial charge is 0.393 e. The Balaban J connectivity index is 2.58. The lowest BCUT2D eigenvalue weighted by atomic mass is 10.1. The highest BCUT2D eigenvalue weighted by Gasteiger charge is 2.18. The number of rotatable bonds is 4. The first-order valence-corrected chi connectivity index (χ1v) is 4.53. The number of aryl methyl sites for hydroxylation is 1. The van der Waals surface area contributed by atoms with Crippen molar-refractivity contribution in [3.8, 4) is 0 Å². The molecule has 4 nitrogen and oxygen atoms in total. The summed E-state index contributed by atoms with van der Waals surface area (Å²) in [6.07, 6.45) is 3.43.